The van der Waals surface area contributed by atoms with Gasteiger partial charge in [-0.3, -0.25) is 4.90 Å². The Hall–Kier alpha value is -0.860. The molecule has 0 saturated heterocycles. The molecule has 1 atom stereocenters. The summed E-state index contributed by atoms with van der Waals surface area (Å²) in [5.74, 6) is 0. The summed E-state index contributed by atoms with van der Waals surface area (Å²) < 4.78 is 0. The van der Waals surface area contributed by atoms with Crippen LogP contribution in [0.5, 0.6) is 0 Å². The third-order valence-electron chi connectivity index (χ3n) is 3.78. The maximum Gasteiger partial charge on any atom is 0.0236 e. The summed E-state index contributed by atoms with van der Waals surface area (Å²) in [4.78, 5) is 2.53. The number of benzene rings is 1. The van der Waals surface area contributed by atoms with Crippen LogP contribution in [-0.2, 0) is 13.1 Å². The molecule has 0 aliphatic heterocycles. The van der Waals surface area contributed by atoms with Gasteiger partial charge in [0.2, 0.25) is 0 Å². The van der Waals surface area contributed by atoms with Gasteiger partial charge in [0.25, 0.3) is 0 Å². The second kappa shape index (κ2) is 9.11. The van der Waals surface area contributed by atoms with Crippen LogP contribution in [0.4, 0.5) is 0 Å². The maximum absolute atomic E-state index is 3.44. The standard InChI is InChI=1S/C17H30N2/c1-5-12-18-13-16-8-10-17(11-9-16)14-19(7-3)15(4)6-2/h8-11,15,18H,5-7,12-14H2,1-4H3. The van der Waals surface area contributed by atoms with E-state index in [0.717, 1.165) is 26.2 Å². The SMILES string of the molecule is CCCNCc1ccc(CN(CC)C(C)CC)cc1. The van der Waals surface area contributed by atoms with Gasteiger partial charge in [0.05, 0.1) is 0 Å². The smallest absolute Gasteiger partial charge is 0.0236 e. The van der Waals surface area contributed by atoms with Crippen LogP contribution in [-0.4, -0.2) is 24.0 Å². The molecule has 0 spiro atoms. The fourth-order valence-corrected chi connectivity index (χ4v) is 2.24. The third kappa shape index (κ3) is 5.75. The van der Waals surface area contributed by atoms with E-state index in [2.05, 4.69) is 62.2 Å². The molecular weight excluding hydrogens is 232 g/mol. The summed E-state index contributed by atoms with van der Waals surface area (Å²) in [7, 11) is 0. The van der Waals surface area contributed by atoms with Crippen LogP contribution >= 0.6 is 0 Å². The zero-order valence-corrected chi connectivity index (χ0v) is 13.1. The van der Waals surface area contributed by atoms with Crippen LogP contribution in [0.2, 0.25) is 0 Å². The fraction of sp³-hybridized carbons (Fsp3) is 0.647. The van der Waals surface area contributed by atoms with Gasteiger partial charge >= 0.3 is 0 Å². The molecule has 1 aromatic rings. The van der Waals surface area contributed by atoms with Crippen LogP contribution in [0.3, 0.4) is 0 Å². The second-order valence-corrected chi connectivity index (χ2v) is 5.31. The fourth-order valence-electron chi connectivity index (χ4n) is 2.24. The maximum atomic E-state index is 3.44. The van der Waals surface area contributed by atoms with E-state index >= 15 is 0 Å². The van der Waals surface area contributed by atoms with Gasteiger partial charge in [-0.25, -0.2) is 0 Å². The Bertz CT molecular complexity index is 332. The first-order valence-corrected chi connectivity index (χ1v) is 7.73. The molecule has 1 rings (SSSR count). The molecule has 0 radical (unpaired) electrons. The van der Waals surface area contributed by atoms with Crippen LogP contribution < -0.4 is 5.32 Å². The lowest BCUT2D eigenvalue weighted by molar-refractivity contribution is 0.206. The highest BCUT2D eigenvalue weighted by Crippen LogP contribution is 2.11. The zero-order valence-electron chi connectivity index (χ0n) is 13.1. The molecule has 1 aromatic carbocycles. The Morgan fingerprint density at radius 2 is 1.68 bits per heavy atom. The molecule has 0 fully saturated rings. The van der Waals surface area contributed by atoms with Crippen molar-refractivity contribution < 1.29 is 0 Å². The van der Waals surface area contributed by atoms with Crippen LogP contribution in [0.15, 0.2) is 24.3 Å². The van der Waals surface area contributed by atoms with Crippen molar-refractivity contribution in [3.05, 3.63) is 35.4 Å². The minimum atomic E-state index is 0.663. The molecule has 108 valence electrons. The lowest BCUT2D eigenvalue weighted by Crippen LogP contribution is -2.31. The highest BCUT2D eigenvalue weighted by atomic mass is 15.1. The predicted octanol–water partition coefficient (Wildman–Crippen LogP) is 3.81. The van der Waals surface area contributed by atoms with E-state index in [9.17, 15) is 0 Å². The van der Waals surface area contributed by atoms with E-state index < -0.39 is 0 Å². The molecule has 1 unspecified atom stereocenters. The van der Waals surface area contributed by atoms with Crippen molar-refractivity contribution in [2.45, 2.75) is 59.7 Å². The van der Waals surface area contributed by atoms with E-state index in [1.807, 2.05) is 0 Å². The molecule has 2 heteroatoms. The van der Waals surface area contributed by atoms with Crippen molar-refractivity contribution >= 4 is 0 Å². The van der Waals surface area contributed by atoms with Gasteiger partial charge in [0.15, 0.2) is 0 Å². The van der Waals surface area contributed by atoms with Crippen molar-refractivity contribution in [3.63, 3.8) is 0 Å². The van der Waals surface area contributed by atoms with Gasteiger partial charge in [-0.05, 0) is 44.0 Å². The molecule has 19 heavy (non-hydrogen) atoms. The first-order chi connectivity index (χ1) is 9.21. The Morgan fingerprint density at radius 3 is 2.21 bits per heavy atom. The van der Waals surface area contributed by atoms with Crippen LogP contribution in [0.1, 0.15) is 51.7 Å². The molecular formula is C17H30N2. The summed E-state index contributed by atoms with van der Waals surface area (Å²) in [5, 5.41) is 3.44. The lowest BCUT2D eigenvalue weighted by Gasteiger charge is -2.27. The van der Waals surface area contributed by atoms with Crippen molar-refractivity contribution in [1.29, 1.82) is 0 Å². The number of hydrogen-bond donors (Lipinski definition) is 1. The first-order valence-electron chi connectivity index (χ1n) is 7.73. The molecule has 0 aliphatic rings. The second-order valence-electron chi connectivity index (χ2n) is 5.31. The first kappa shape index (κ1) is 16.2. The zero-order chi connectivity index (χ0) is 14.1. The molecule has 1 N–H and O–H groups in total. The van der Waals surface area contributed by atoms with E-state index in [0.29, 0.717) is 6.04 Å². The van der Waals surface area contributed by atoms with E-state index in [1.165, 1.54) is 24.0 Å². The molecule has 2 nitrogen and oxygen atoms in total. The van der Waals surface area contributed by atoms with Crippen molar-refractivity contribution in [3.8, 4) is 0 Å². The quantitative estimate of drug-likeness (QED) is 0.681. The van der Waals surface area contributed by atoms with Crippen LogP contribution in [0, 0.1) is 0 Å². The number of nitrogens with one attached hydrogen (secondary N) is 1. The Balaban J connectivity index is 2.51. The average molecular weight is 262 g/mol. The summed E-state index contributed by atoms with van der Waals surface area (Å²) in [5.41, 5.74) is 2.80. The Labute approximate surface area is 119 Å². The number of rotatable bonds is 9. The molecule has 0 saturated carbocycles. The monoisotopic (exact) mass is 262 g/mol. The van der Waals surface area contributed by atoms with Gasteiger partial charge in [0.1, 0.15) is 0 Å². The summed E-state index contributed by atoms with van der Waals surface area (Å²) in [6.07, 6.45) is 2.41. The van der Waals surface area contributed by atoms with E-state index in [4.69, 9.17) is 0 Å². The largest absolute Gasteiger partial charge is 0.313 e. The molecule has 0 aromatic heterocycles. The molecule has 0 amide bonds. The Kier molecular flexibility index (Phi) is 7.76. The summed E-state index contributed by atoms with van der Waals surface area (Å²) in [6.45, 7) is 13.3. The lowest BCUT2D eigenvalue weighted by atomic mass is 10.1. The highest BCUT2D eigenvalue weighted by molar-refractivity contribution is 5.22. The minimum absolute atomic E-state index is 0.663. The van der Waals surface area contributed by atoms with Gasteiger partial charge in [-0.15, -0.1) is 0 Å². The normalized spacial score (nSPS) is 12.9. The highest BCUT2D eigenvalue weighted by Gasteiger charge is 2.10. The van der Waals surface area contributed by atoms with Crippen molar-refractivity contribution in [2.75, 3.05) is 13.1 Å². The molecule has 0 heterocycles. The van der Waals surface area contributed by atoms with E-state index in [1.54, 1.807) is 0 Å². The van der Waals surface area contributed by atoms with Crippen molar-refractivity contribution in [2.24, 2.45) is 0 Å². The van der Waals surface area contributed by atoms with Gasteiger partial charge in [-0.1, -0.05) is 45.0 Å². The Morgan fingerprint density at radius 1 is 1.05 bits per heavy atom. The third-order valence-corrected chi connectivity index (χ3v) is 3.78. The van der Waals surface area contributed by atoms with E-state index in [-0.39, 0.29) is 0 Å². The van der Waals surface area contributed by atoms with Gasteiger partial charge < -0.3 is 5.32 Å². The minimum Gasteiger partial charge on any atom is -0.313 e. The predicted molar refractivity (Wildman–Crippen MR) is 84.3 cm³/mol. The topological polar surface area (TPSA) is 15.3 Å². The number of hydrogen-bond acceptors (Lipinski definition) is 2. The van der Waals surface area contributed by atoms with Gasteiger partial charge in [-0.2, -0.15) is 0 Å². The molecule has 0 aliphatic carbocycles. The average Bonchev–Trinajstić information content (AvgIpc) is 2.45. The molecule has 0 bridgehead atoms. The summed E-state index contributed by atoms with van der Waals surface area (Å²) in [6, 6.07) is 9.71. The van der Waals surface area contributed by atoms with Gasteiger partial charge in [0, 0.05) is 19.1 Å². The summed E-state index contributed by atoms with van der Waals surface area (Å²) >= 11 is 0. The van der Waals surface area contributed by atoms with Crippen LogP contribution in [0.25, 0.3) is 0 Å². The number of nitrogens with zero attached hydrogens (tertiary/aromatic N) is 1. The van der Waals surface area contributed by atoms with Crippen molar-refractivity contribution in [1.82, 2.24) is 10.2 Å².